The van der Waals surface area contributed by atoms with E-state index in [0.717, 1.165) is 25.9 Å². The predicted octanol–water partition coefficient (Wildman–Crippen LogP) is 0.812. The van der Waals surface area contributed by atoms with Gasteiger partial charge in [0.25, 0.3) is 5.56 Å². The van der Waals surface area contributed by atoms with Crippen LogP contribution in [0.25, 0.3) is 0 Å². The first-order valence-electron chi connectivity index (χ1n) is 6.24. The van der Waals surface area contributed by atoms with Crippen molar-refractivity contribution in [1.82, 2.24) is 9.47 Å². The maximum absolute atomic E-state index is 12.1. The summed E-state index contributed by atoms with van der Waals surface area (Å²) in [5, 5.41) is 9.31. The van der Waals surface area contributed by atoms with Gasteiger partial charge in [-0.1, -0.05) is 6.92 Å². The lowest BCUT2D eigenvalue weighted by Gasteiger charge is -2.31. The lowest BCUT2D eigenvalue weighted by molar-refractivity contribution is -0.133. The molecule has 2 heterocycles. The van der Waals surface area contributed by atoms with Gasteiger partial charge in [0, 0.05) is 19.3 Å². The fourth-order valence-corrected chi connectivity index (χ4v) is 2.31. The molecule has 0 radical (unpaired) electrons. The highest BCUT2D eigenvalue weighted by Gasteiger charge is 2.21. The first-order chi connectivity index (χ1) is 8.58. The smallest absolute Gasteiger partial charge is 0.293 e. The summed E-state index contributed by atoms with van der Waals surface area (Å²) in [6, 6.07) is 2.88. The summed E-state index contributed by atoms with van der Waals surface area (Å²) in [5.74, 6) is 0.134. The fourth-order valence-electron chi connectivity index (χ4n) is 2.31. The lowest BCUT2D eigenvalue weighted by atomic mass is 10.0. The number of rotatable bonds is 2. The van der Waals surface area contributed by atoms with Crippen LogP contribution in [0.2, 0.25) is 0 Å². The van der Waals surface area contributed by atoms with Gasteiger partial charge in [-0.3, -0.25) is 9.59 Å². The summed E-state index contributed by atoms with van der Waals surface area (Å²) < 4.78 is 1.25. The number of piperidine rings is 1. The maximum Gasteiger partial charge on any atom is 0.293 e. The van der Waals surface area contributed by atoms with Crippen molar-refractivity contribution in [3.63, 3.8) is 0 Å². The molecule has 0 bridgehead atoms. The van der Waals surface area contributed by atoms with Crippen LogP contribution in [0.5, 0.6) is 5.75 Å². The zero-order valence-electron chi connectivity index (χ0n) is 10.5. The molecule has 0 saturated carbocycles. The summed E-state index contributed by atoms with van der Waals surface area (Å²) in [6.45, 7) is 3.64. The average molecular weight is 250 g/mol. The highest BCUT2D eigenvalue weighted by Crippen LogP contribution is 2.15. The van der Waals surface area contributed by atoms with Crippen LogP contribution in [-0.4, -0.2) is 33.6 Å². The summed E-state index contributed by atoms with van der Waals surface area (Å²) >= 11 is 0. The number of likely N-dealkylation sites (tertiary alicyclic amines) is 1. The van der Waals surface area contributed by atoms with Crippen molar-refractivity contribution in [2.45, 2.75) is 26.3 Å². The number of amides is 1. The van der Waals surface area contributed by atoms with Gasteiger partial charge in [0.05, 0.1) is 0 Å². The highest BCUT2D eigenvalue weighted by atomic mass is 16.3. The number of aromatic hydroxyl groups is 1. The van der Waals surface area contributed by atoms with Crippen LogP contribution in [-0.2, 0) is 11.3 Å². The van der Waals surface area contributed by atoms with Crippen LogP contribution in [0.4, 0.5) is 0 Å². The Labute approximate surface area is 106 Å². The average Bonchev–Trinajstić information content (AvgIpc) is 2.35. The van der Waals surface area contributed by atoms with Crippen molar-refractivity contribution in [2.24, 2.45) is 5.92 Å². The Balaban J connectivity index is 2.07. The minimum absolute atomic E-state index is 0.0000463. The molecule has 2 rings (SSSR count). The Morgan fingerprint density at radius 3 is 3.06 bits per heavy atom. The van der Waals surface area contributed by atoms with E-state index < -0.39 is 5.56 Å². The van der Waals surface area contributed by atoms with Crippen LogP contribution in [0.3, 0.4) is 0 Å². The van der Waals surface area contributed by atoms with Gasteiger partial charge in [-0.25, -0.2) is 0 Å². The van der Waals surface area contributed by atoms with Crippen molar-refractivity contribution in [2.75, 3.05) is 13.1 Å². The van der Waals surface area contributed by atoms with E-state index in [1.807, 2.05) is 0 Å². The quantitative estimate of drug-likeness (QED) is 0.845. The third-order valence-corrected chi connectivity index (χ3v) is 3.32. The number of carbonyl (C=O) groups excluding carboxylic acids is 1. The molecule has 1 saturated heterocycles. The minimum Gasteiger partial charge on any atom is -0.503 e. The van der Waals surface area contributed by atoms with E-state index in [2.05, 4.69) is 6.92 Å². The van der Waals surface area contributed by atoms with Gasteiger partial charge in [0.2, 0.25) is 5.91 Å². The van der Waals surface area contributed by atoms with Crippen LogP contribution in [0.15, 0.2) is 23.1 Å². The second kappa shape index (κ2) is 5.25. The number of nitrogens with zero attached hydrogens (tertiary/aromatic N) is 2. The predicted molar refractivity (Wildman–Crippen MR) is 67.3 cm³/mol. The van der Waals surface area contributed by atoms with E-state index in [9.17, 15) is 14.7 Å². The van der Waals surface area contributed by atoms with Gasteiger partial charge in [-0.15, -0.1) is 0 Å². The monoisotopic (exact) mass is 250 g/mol. The molecule has 1 atom stereocenters. The molecular formula is C13H18N2O3. The first-order valence-corrected chi connectivity index (χ1v) is 6.24. The van der Waals surface area contributed by atoms with Crippen LogP contribution >= 0.6 is 0 Å². The van der Waals surface area contributed by atoms with Gasteiger partial charge in [0.1, 0.15) is 6.54 Å². The van der Waals surface area contributed by atoms with Gasteiger partial charge >= 0.3 is 0 Å². The molecule has 0 spiro atoms. The van der Waals surface area contributed by atoms with Crippen LogP contribution in [0, 0.1) is 5.92 Å². The van der Waals surface area contributed by atoms with E-state index in [1.54, 1.807) is 11.0 Å². The van der Waals surface area contributed by atoms with E-state index in [1.165, 1.54) is 16.8 Å². The molecule has 1 unspecified atom stereocenters. The largest absolute Gasteiger partial charge is 0.503 e. The second-order valence-corrected chi connectivity index (χ2v) is 4.91. The van der Waals surface area contributed by atoms with Gasteiger partial charge < -0.3 is 14.6 Å². The van der Waals surface area contributed by atoms with E-state index in [4.69, 9.17) is 0 Å². The molecule has 98 valence electrons. The summed E-state index contributed by atoms with van der Waals surface area (Å²) in [7, 11) is 0. The van der Waals surface area contributed by atoms with E-state index in [0.29, 0.717) is 5.92 Å². The fraction of sp³-hybridized carbons (Fsp3) is 0.538. The maximum atomic E-state index is 12.1. The molecule has 5 heteroatoms. The molecular weight excluding hydrogens is 232 g/mol. The number of aromatic nitrogens is 1. The van der Waals surface area contributed by atoms with Crippen LogP contribution < -0.4 is 5.56 Å². The zero-order valence-corrected chi connectivity index (χ0v) is 10.5. The molecule has 1 aliphatic rings. The molecule has 18 heavy (non-hydrogen) atoms. The van der Waals surface area contributed by atoms with Crippen molar-refractivity contribution < 1.29 is 9.90 Å². The molecule has 1 aliphatic heterocycles. The summed E-state index contributed by atoms with van der Waals surface area (Å²) in [6.07, 6.45) is 3.69. The van der Waals surface area contributed by atoms with Crippen molar-refractivity contribution in [3.05, 3.63) is 28.7 Å². The van der Waals surface area contributed by atoms with Gasteiger partial charge in [0.15, 0.2) is 5.75 Å². The highest BCUT2D eigenvalue weighted by molar-refractivity contribution is 5.76. The number of hydrogen-bond donors (Lipinski definition) is 1. The lowest BCUT2D eigenvalue weighted by Crippen LogP contribution is -2.42. The number of carbonyl (C=O) groups is 1. The van der Waals surface area contributed by atoms with Crippen molar-refractivity contribution >= 4 is 5.91 Å². The third kappa shape index (κ3) is 2.72. The first kappa shape index (κ1) is 12.7. The topological polar surface area (TPSA) is 62.5 Å². The van der Waals surface area contributed by atoms with Crippen molar-refractivity contribution in [3.8, 4) is 5.75 Å². The molecule has 1 fully saturated rings. The zero-order chi connectivity index (χ0) is 13.1. The SMILES string of the molecule is CC1CCCN(C(=O)Cn2cccc(O)c2=O)C1. The molecule has 1 aromatic heterocycles. The Bertz CT molecular complexity index is 495. The Kier molecular flexibility index (Phi) is 3.69. The van der Waals surface area contributed by atoms with E-state index in [-0.39, 0.29) is 18.2 Å². The summed E-state index contributed by atoms with van der Waals surface area (Å²) in [4.78, 5) is 25.5. The minimum atomic E-state index is -0.518. The second-order valence-electron chi connectivity index (χ2n) is 4.91. The standard InChI is InChI=1S/C13H18N2O3/c1-10-4-2-6-14(8-10)12(17)9-15-7-3-5-11(16)13(15)18/h3,5,7,10,16H,2,4,6,8-9H2,1H3. The Morgan fingerprint density at radius 1 is 1.56 bits per heavy atom. The molecule has 0 aromatic carbocycles. The molecule has 1 N–H and O–H groups in total. The number of pyridine rings is 1. The Morgan fingerprint density at radius 2 is 2.33 bits per heavy atom. The van der Waals surface area contributed by atoms with Crippen molar-refractivity contribution in [1.29, 1.82) is 0 Å². The third-order valence-electron chi connectivity index (χ3n) is 3.32. The molecule has 1 aromatic rings. The van der Waals surface area contributed by atoms with Crippen LogP contribution in [0.1, 0.15) is 19.8 Å². The van der Waals surface area contributed by atoms with E-state index >= 15 is 0 Å². The van der Waals surface area contributed by atoms with Gasteiger partial charge in [-0.05, 0) is 30.9 Å². The summed E-state index contributed by atoms with van der Waals surface area (Å²) in [5.41, 5.74) is -0.518. The number of hydrogen-bond acceptors (Lipinski definition) is 3. The van der Waals surface area contributed by atoms with Gasteiger partial charge in [-0.2, -0.15) is 0 Å². The normalized spacial score (nSPS) is 19.8. The Hall–Kier alpha value is -1.78. The molecule has 5 nitrogen and oxygen atoms in total. The molecule has 1 amide bonds. The molecule has 0 aliphatic carbocycles.